The largest absolute Gasteiger partial charge is 0.495 e. The van der Waals surface area contributed by atoms with Crippen molar-refractivity contribution in [2.75, 3.05) is 12.4 Å². The summed E-state index contributed by atoms with van der Waals surface area (Å²) in [7, 11) is 2.96. The van der Waals surface area contributed by atoms with Gasteiger partial charge in [-0.15, -0.1) is 0 Å². The molecule has 0 saturated carbocycles. The third kappa shape index (κ3) is 3.58. The smallest absolute Gasteiger partial charge is 0.419 e. The molecule has 136 valence electrons. The fourth-order valence-electron chi connectivity index (χ4n) is 2.31. The van der Waals surface area contributed by atoms with E-state index >= 15 is 0 Å². The minimum absolute atomic E-state index is 0.138. The van der Waals surface area contributed by atoms with Crippen molar-refractivity contribution in [3.05, 3.63) is 48.2 Å². The zero-order valence-electron chi connectivity index (χ0n) is 13.7. The topological polar surface area (TPSA) is 64.9 Å². The van der Waals surface area contributed by atoms with Crippen LogP contribution in [0, 0.1) is 5.82 Å². The Morgan fingerprint density at radius 2 is 1.96 bits per heavy atom. The molecule has 3 aromatic rings. The molecule has 0 unspecified atom stereocenters. The highest BCUT2D eigenvalue weighted by Gasteiger charge is 2.35. The second-order valence-electron chi connectivity index (χ2n) is 5.33. The van der Waals surface area contributed by atoms with Gasteiger partial charge in [-0.05, 0) is 12.1 Å². The molecule has 0 fully saturated rings. The number of benzene rings is 1. The van der Waals surface area contributed by atoms with Crippen LogP contribution in [0.25, 0.3) is 11.3 Å². The molecular weight excluding hydrogens is 354 g/mol. The number of nitrogens with one attached hydrogen (secondary N) is 1. The van der Waals surface area contributed by atoms with E-state index in [0.717, 1.165) is 6.07 Å². The van der Waals surface area contributed by atoms with E-state index in [1.807, 2.05) is 0 Å². The van der Waals surface area contributed by atoms with Gasteiger partial charge in [-0.25, -0.2) is 14.4 Å². The fourth-order valence-corrected chi connectivity index (χ4v) is 2.31. The van der Waals surface area contributed by atoms with Crippen LogP contribution in [0.5, 0.6) is 5.75 Å². The molecule has 1 N–H and O–H groups in total. The summed E-state index contributed by atoms with van der Waals surface area (Å²) in [5, 5.41) is 6.55. The number of aryl methyl sites for hydroxylation is 1. The number of halogens is 4. The van der Waals surface area contributed by atoms with Gasteiger partial charge in [0, 0.05) is 31.1 Å². The van der Waals surface area contributed by atoms with Crippen LogP contribution in [0.3, 0.4) is 0 Å². The van der Waals surface area contributed by atoms with Gasteiger partial charge in [-0.3, -0.25) is 4.68 Å². The lowest BCUT2D eigenvalue weighted by Gasteiger charge is -2.14. The lowest BCUT2D eigenvalue weighted by Crippen LogP contribution is -2.11. The predicted molar refractivity (Wildman–Crippen MR) is 85.5 cm³/mol. The molecule has 0 aliphatic carbocycles. The Labute approximate surface area is 145 Å². The number of hydrogen-bond donors (Lipinski definition) is 1. The number of hydrogen-bond acceptors (Lipinski definition) is 5. The van der Waals surface area contributed by atoms with Gasteiger partial charge in [0.1, 0.15) is 17.1 Å². The quantitative estimate of drug-likeness (QED) is 0.711. The predicted octanol–water partition coefficient (Wildman–Crippen LogP) is 3.79. The van der Waals surface area contributed by atoms with Crippen molar-refractivity contribution in [2.45, 2.75) is 6.18 Å². The Morgan fingerprint density at radius 3 is 2.58 bits per heavy atom. The fraction of sp³-hybridized carbons (Fsp3) is 0.188. The molecule has 0 radical (unpaired) electrons. The molecule has 2 heterocycles. The zero-order valence-corrected chi connectivity index (χ0v) is 13.7. The van der Waals surface area contributed by atoms with Crippen molar-refractivity contribution >= 4 is 11.6 Å². The van der Waals surface area contributed by atoms with Crippen molar-refractivity contribution in [1.82, 2.24) is 19.7 Å². The highest BCUT2D eigenvalue weighted by Crippen LogP contribution is 2.36. The summed E-state index contributed by atoms with van der Waals surface area (Å²) < 4.78 is 59.7. The number of rotatable bonds is 4. The van der Waals surface area contributed by atoms with Gasteiger partial charge in [0.25, 0.3) is 0 Å². The first-order valence-electron chi connectivity index (χ1n) is 7.31. The van der Waals surface area contributed by atoms with Crippen molar-refractivity contribution < 1.29 is 22.3 Å². The Bertz CT molecular complexity index is 939. The van der Waals surface area contributed by atoms with Gasteiger partial charge in [0.05, 0.1) is 24.7 Å². The average molecular weight is 367 g/mol. The minimum atomic E-state index is -4.64. The number of aromatic nitrogens is 4. The van der Waals surface area contributed by atoms with E-state index in [2.05, 4.69) is 20.4 Å². The molecule has 1 aromatic carbocycles. The van der Waals surface area contributed by atoms with Gasteiger partial charge in [-0.2, -0.15) is 18.3 Å². The summed E-state index contributed by atoms with van der Waals surface area (Å²) in [6.45, 7) is 0. The second kappa shape index (κ2) is 6.62. The maximum Gasteiger partial charge on any atom is 0.419 e. The van der Waals surface area contributed by atoms with E-state index in [9.17, 15) is 17.6 Å². The van der Waals surface area contributed by atoms with Crippen molar-refractivity contribution in [3.63, 3.8) is 0 Å². The first-order valence-corrected chi connectivity index (χ1v) is 7.31. The normalized spacial score (nSPS) is 11.5. The maximum absolute atomic E-state index is 13.5. The van der Waals surface area contributed by atoms with Crippen molar-refractivity contribution in [2.24, 2.45) is 7.05 Å². The molecule has 0 amide bonds. The molecule has 0 atom stereocenters. The molecule has 0 bridgehead atoms. The van der Waals surface area contributed by atoms with E-state index < -0.39 is 17.6 Å². The Kier molecular flexibility index (Phi) is 4.49. The average Bonchev–Trinajstić information content (AvgIpc) is 3.00. The van der Waals surface area contributed by atoms with Crippen LogP contribution in [-0.2, 0) is 13.2 Å². The van der Waals surface area contributed by atoms with E-state index in [1.165, 1.54) is 36.3 Å². The highest BCUT2D eigenvalue weighted by molar-refractivity contribution is 5.67. The Balaban J connectivity index is 2.06. The summed E-state index contributed by atoms with van der Waals surface area (Å²) >= 11 is 0. The van der Waals surface area contributed by atoms with Gasteiger partial charge in [0.15, 0.2) is 0 Å². The molecule has 3 rings (SSSR count). The number of methoxy groups -OCH3 is 1. The number of alkyl halides is 3. The first-order chi connectivity index (χ1) is 12.3. The standard InChI is InChI=1S/C16H13F4N5O/c1-25-8-9(6-22-25)14-11(16(18,19)20)7-21-15(24-14)23-12-5-10(17)3-4-13(12)26-2/h3-8H,1-2H3,(H,21,23,24). The van der Waals surface area contributed by atoms with Crippen molar-refractivity contribution in [1.29, 1.82) is 0 Å². The molecule has 6 nitrogen and oxygen atoms in total. The SMILES string of the molecule is COc1ccc(F)cc1Nc1ncc(C(F)(F)F)c(-c2cnn(C)c2)n1. The Morgan fingerprint density at radius 1 is 1.19 bits per heavy atom. The van der Waals surface area contributed by atoms with Gasteiger partial charge >= 0.3 is 6.18 Å². The molecule has 0 aliphatic heterocycles. The van der Waals surface area contributed by atoms with Crippen LogP contribution in [-0.4, -0.2) is 26.9 Å². The molecular formula is C16H13F4N5O. The third-order valence-corrected chi connectivity index (χ3v) is 3.48. The monoisotopic (exact) mass is 367 g/mol. The summed E-state index contributed by atoms with van der Waals surface area (Å²) in [6.07, 6.45) is -1.29. The maximum atomic E-state index is 13.5. The third-order valence-electron chi connectivity index (χ3n) is 3.48. The van der Waals surface area contributed by atoms with E-state index in [0.29, 0.717) is 6.20 Å². The van der Waals surface area contributed by atoms with E-state index in [-0.39, 0.29) is 28.6 Å². The van der Waals surface area contributed by atoms with Crippen molar-refractivity contribution in [3.8, 4) is 17.0 Å². The molecule has 10 heteroatoms. The van der Waals surface area contributed by atoms with Crippen LogP contribution in [0.1, 0.15) is 5.56 Å². The summed E-state index contributed by atoms with van der Waals surface area (Å²) in [5.74, 6) is -0.397. The molecule has 26 heavy (non-hydrogen) atoms. The molecule has 2 aromatic heterocycles. The molecule has 0 aliphatic rings. The van der Waals surface area contributed by atoms with Gasteiger partial charge in [-0.1, -0.05) is 0 Å². The number of nitrogens with zero attached hydrogens (tertiary/aromatic N) is 4. The first kappa shape index (κ1) is 17.6. The van der Waals surface area contributed by atoms with Crippen LogP contribution < -0.4 is 10.1 Å². The molecule has 0 spiro atoms. The second-order valence-corrected chi connectivity index (χ2v) is 5.33. The summed E-state index contributed by atoms with van der Waals surface area (Å²) in [5.41, 5.74) is -0.971. The van der Waals surface area contributed by atoms with Gasteiger partial charge in [0.2, 0.25) is 5.95 Å². The lowest BCUT2D eigenvalue weighted by molar-refractivity contribution is -0.137. The lowest BCUT2D eigenvalue weighted by atomic mass is 10.1. The van der Waals surface area contributed by atoms with Crippen LogP contribution in [0.15, 0.2) is 36.8 Å². The van der Waals surface area contributed by atoms with Crippen LogP contribution >= 0.6 is 0 Å². The molecule has 0 saturated heterocycles. The van der Waals surface area contributed by atoms with E-state index in [1.54, 1.807) is 7.05 Å². The minimum Gasteiger partial charge on any atom is -0.495 e. The summed E-state index contributed by atoms with van der Waals surface area (Å²) in [6, 6.07) is 3.70. The number of ether oxygens (including phenoxy) is 1. The Hall–Kier alpha value is -3.17. The zero-order chi connectivity index (χ0) is 18.9. The summed E-state index contributed by atoms with van der Waals surface area (Å²) in [4.78, 5) is 7.64. The highest BCUT2D eigenvalue weighted by atomic mass is 19.4. The van der Waals surface area contributed by atoms with Crippen LogP contribution in [0.2, 0.25) is 0 Å². The van der Waals surface area contributed by atoms with E-state index in [4.69, 9.17) is 4.74 Å². The number of anilines is 2. The van der Waals surface area contributed by atoms with Crippen LogP contribution in [0.4, 0.5) is 29.2 Å². The van der Waals surface area contributed by atoms with Gasteiger partial charge < -0.3 is 10.1 Å².